The number of piperazine rings is 1. The molecular formula is C19H23BrN2O5S. The summed E-state index contributed by atoms with van der Waals surface area (Å²) < 4.78 is 34.8. The van der Waals surface area contributed by atoms with E-state index in [4.69, 9.17) is 9.15 Å². The molecule has 9 heteroatoms. The third-order valence-electron chi connectivity index (χ3n) is 4.52. The number of para-hydroxylation sites is 1. The zero-order valence-corrected chi connectivity index (χ0v) is 18.0. The van der Waals surface area contributed by atoms with Crippen LogP contribution < -0.4 is 4.74 Å². The molecule has 1 fully saturated rings. The SMILES string of the molecule is CS(=O)(=O)CCN1CCN(C(=O)c2ccc(COc3ccccc3Br)o2)CC1. The molecule has 2 aromatic rings. The second-order valence-corrected chi connectivity index (χ2v) is 9.86. The maximum absolute atomic E-state index is 12.6. The Bertz CT molecular complexity index is 920. The number of hydrogen-bond acceptors (Lipinski definition) is 6. The highest BCUT2D eigenvalue weighted by atomic mass is 79.9. The van der Waals surface area contributed by atoms with Crippen molar-refractivity contribution in [3.05, 3.63) is 52.4 Å². The number of nitrogens with zero attached hydrogens (tertiary/aromatic N) is 2. The largest absolute Gasteiger partial charge is 0.484 e. The molecule has 0 unspecified atom stereocenters. The normalized spacial score (nSPS) is 15.6. The summed E-state index contributed by atoms with van der Waals surface area (Å²) in [5, 5.41) is 0. The Morgan fingerprint density at radius 2 is 1.86 bits per heavy atom. The molecule has 28 heavy (non-hydrogen) atoms. The number of amides is 1. The molecule has 0 atom stereocenters. The number of furan rings is 1. The van der Waals surface area contributed by atoms with E-state index in [1.54, 1.807) is 17.0 Å². The van der Waals surface area contributed by atoms with Crippen LogP contribution in [0.15, 0.2) is 45.3 Å². The lowest BCUT2D eigenvalue weighted by atomic mass is 10.3. The molecule has 1 aliphatic heterocycles. The summed E-state index contributed by atoms with van der Waals surface area (Å²) in [5.41, 5.74) is 0. The van der Waals surface area contributed by atoms with Crippen molar-refractivity contribution in [3.8, 4) is 5.75 Å². The van der Waals surface area contributed by atoms with Gasteiger partial charge in [0.15, 0.2) is 5.76 Å². The number of rotatable bonds is 7. The van der Waals surface area contributed by atoms with Crippen LogP contribution in [0.2, 0.25) is 0 Å². The number of carbonyl (C=O) groups is 1. The number of sulfone groups is 1. The van der Waals surface area contributed by atoms with E-state index in [1.807, 2.05) is 24.3 Å². The Morgan fingerprint density at radius 3 is 2.54 bits per heavy atom. The third kappa shape index (κ3) is 5.83. The van der Waals surface area contributed by atoms with E-state index in [9.17, 15) is 13.2 Å². The maximum Gasteiger partial charge on any atom is 0.289 e. The lowest BCUT2D eigenvalue weighted by molar-refractivity contribution is 0.0609. The van der Waals surface area contributed by atoms with Gasteiger partial charge >= 0.3 is 0 Å². The maximum atomic E-state index is 12.6. The van der Waals surface area contributed by atoms with Gasteiger partial charge in [0.1, 0.15) is 28.0 Å². The molecule has 0 N–H and O–H groups in total. The van der Waals surface area contributed by atoms with E-state index in [0.717, 1.165) is 4.47 Å². The van der Waals surface area contributed by atoms with Crippen molar-refractivity contribution in [1.29, 1.82) is 0 Å². The molecule has 2 heterocycles. The minimum Gasteiger partial charge on any atom is -0.484 e. The van der Waals surface area contributed by atoms with Crippen LogP contribution in [0.5, 0.6) is 5.75 Å². The summed E-state index contributed by atoms with van der Waals surface area (Å²) in [6.07, 6.45) is 1.24. The van der Waals surface area contributed by atoms with E-state index in [0.29, 0.717) is 44.2 Å². The predicted octanol–water partition coefficient (Wildman–Crippen LogP) is 2.42. The topological polar surface area (TPSA) is 80.1 Å². The Balaban J connectivity index is 1.50. The molecule has 1 saturated heterocycles. The highest BCUT2D eigenvalue weighted by Gasteiger charge is 2.24. The number of benzene rings is 1. The predicted molar refractivity (Wildman–Crippen MR) is 109 cm³/mol. The Labute approximate surface area is 173 Å². The lowest BCUT2D eigenvalue weighted by Gasteiger charge is -2.34. The minimum atomic E-state index is -2.97. The van der Waals surface area contributed by atoms with Crippen molar-refractivity contribution in [2.24, 2.45) is 0 Å². The van der Waals surface area contributed by atoms with Gasteiger partial charge in [-0.05, 0) is 40.2 Å². The van der Waals surface area contributed by atoms with Gasteiger partial charge in [0.25, 0.3) is 5.91 Å². The van der Waals surface area contributed by atoms with Crippen LogP contribution in [0.25, 0.3) is 0 Å². The van der Waals surface area contributed by atoms with Gasteiger partial charge < -0.3 is 14.1 Å². The van der Waals surface area contributed by atoms with Gasteiger partial charge in [-0.2, -0.15) is 0 Å². The van der Waals surface area contributed by atoms with Crippen molar-refractivity contribution < 1.29 is 22.4 Å². The van der Waals surface area contributed by atoms with Crippen molar-refractivity contribution in [2.45, 2.75) is 6.61 Å². The second-order valence-electron chi connectivity index (χ2n) is 6.75. The van der Waals surface area contributed by atoms with Crippen molar-refractivity contribution in [2.75, 3.05) is 44.7 Å². The van der Waals surface area contributed by atoms with Crippen molar-refractivity contribution >= 4 is 31.7 Å². The smallest absolute Gasteiger partial charge is 0.289 e. The molecule has 0 saturated carbocycles. The summed E-state index contributed by atoms with van der Waals surface area (Å²) in [5.74, 6) is 1.55. The van der Waals surface area contributed by atoms with Crippen LogP contribution in [0.4, 0.5) is 0 Å². The molecule has 0 bridgehead atoms. The molecule has 0 aliphatic carbocycles. The molecule has 1 aromatic heterocycles. The van der Waals surface area contributed by atoms with Crippen molar-refractivity contribution in [1.82, 2.24) is 9.80 Å². The summed E-state index contributed by atoms with van der Waals surface area (Å²) in [4.78, 5) is 16.4. The second kappa shape index (κ2) is 9.11. The quantitative estimate of drug-likeness (QED) is 0.617. The summed E-state index contributed by atoms with van der Waals surface area (Å²) in [6, 6.07) is 10.9. The summed E-state index contributed by atoms with van der Waals surface area (Å²) in [6.45, 7) is 3.13. The van der Waals surface area contributed by atoms with Crippen molar-refractivity contribution in [3.63, 3.8) is 0 Å². The van der Waals surface area contributed by atoms with Crippen LogP contribution in [-0.4, -0.2) is 68.9 Å². The first-order chi connectivity index (χ1) is 13.3. The Hall–Kier alpha value is -1.84. The first-order valence-electron chi connectivity index (χ1n) is 8.97. The number of halogens is 1. The zero-order chi connectivity index (χ0) is 20.1. The first kappa shape index (κ1) is 20.9. The van der Waals surface area contributed by atoms with Gasteiger partial charge in [-0.25, -0.2) is 8.42 Å². The molecule has 3 rings (SSSR count). The highest BCUT2D eigenvalue weighted by molar-refractivity contribution is 9.10. The third-order valence-corrected chi connectivity index (χ3v) is 6.10. The zero-order valence-electron chi connectivity index (χ0n) is 15.6. The van der Waals surface area contributed by atoms with E-state index < -0.39 is 9.84 Å². The fraction of sp³-hybridized carbons (Fsp3) is 0.421. The standard InChI is InChI=1S/C19H23BrN2O5S/c1-28(24,25)13-12-21-8-10-22(11-9-21)19(23)18-7-6-15(27-18)14-26-17-5-3-2-4-16(17)20/h2-7H,8-14H2,1H3. The van der Waals surface area contributed by atoms with Gasteiger partial charge in [0, 0.05) is 39.0 Å². The lowest BCUT2D eigenvalue weighted by Crippen LogP contribution is -2.49. The van der Waals surface area contributed by atoms with E-state index in [-0.39, 0.29) is 24.0 Å². The van der Waals surface area contributed by atoms with E-state index >= 15 is 0 Å². The molecule has 1 amide bonds. The number of hydrogen-bond donors (Lipinski definition) is 0. The summed E-state index contributed by atoms with van der Waals surface area (Å²) in [7, 11) is -2.97. The van der Waals surface area contributed by atoms with E-state index in [1.165, 1.54) is 6.26 Å². The van der Waals surface area contributed by atoms with Gasteiger partial charge in [0.2, 0.25) is 0 Å². The van der Waals surface area contributed by atoms with Crippen LogP contribution in [0, 0.1) is 0 Å². The van der Waals surface area contributed by atoms with Crippen LogP contribution >= 0.6 is 15.9 Å². The van der Waals surface area contributed by atoms with E-state index in [2.05, 4.69) is 20.8 Å². The van der Waals surface area contributed by atoms with Crippen LogP contribution in [-0.2, 0) is 16.4 Å². The average molecular weight is 471 g/mol. The Kier molecular flexibility index (Phi) is 6.79. The number of carbonyl (C=O) groups excluding carboxylic acids is 1. The fourth-order valence-corrected chi connectivity index (χ4v) is 3.90. The van der Waals surface area contributed by atoms with Crippen LogP contribution in [0.3, 0.4) is 0 Å². The average Bonchev–Trinajstić information content (AvgIpc) is 3.14. The summed E-state index contributed by atoms with van der Waals surface area (Å²) >= 11 is 3.42. The molecule has 1 aliphatic rings. The van der Waals surface area contributed by atoms with Gasteiger partial charge in [-0.15, -0.1) is 0 Å². The van der Waals surface area contributed by atoms with Crippen LogP contribution in [0.1, 0.15) is 16.3 Å². The molecule has 7 nitrogen and oxygen atoms in total. The molecular weight excluding hydrogens is 448 g/mol. The fourth-order valence-electron chi connectivity index (χ4n) is 2.91. The Morgan fingerprint density at radius 1 is 1.14 bits per heavy atom. The van der Waals surface area contributed by atoms with Gasteiger partial charge in [0.05, 0.1) is 10.2 Å². The molecule has 152 valence electrons. The highest BCUT2D eigenvalue weighted by Crippen LogP contribution is 2.25. The van der Waals surface area contributed by atoms with Gasteiger partial charge in [-0.1, -0.05) is 12.1 Å². The first-order valence-corrected chi connectivity index (χ1v) is 11.8. The molecule has 0 spiro atoms. The molecule has 1 aromatic carbocycles. The number of ether oxygens (including phenoxy) is 1. The molecule has 0 radical (unpaired) electrons. The monoisotopic (exact) mass is 470 g/mol. The van der Waals surface area contributed by atoms with Gasteiger partial charge in [-0.3, -0.25) is 9.69 Å². The minimum absolute atomic E-state index is 0.139.